The summed E-state index contributed by atoms with van der Waals surface area (Å²) in [5.41, 5.74) is 0.720. The maximum atomic E-state index is 11.8. The van der Waals surface area contributed by atoms with Crippen molar-refractivity contribution in [1.29, 1.82) is 0 Å². The van der Waals surface area contributed by atoms with Gasteiger partial charge in [0, 0.05) is 18.7 Å². The summed E-state index contributed by atoms with van der Waals surface area (Å²) in [5.74, 6) is -0.430. The zero-order chi connectivity index (χ0) is 14.5. The van der Waals surface area contributed by atoms with E-state index in [0.717, 1.165) is 0 Å². The number of benzene rings is 1. The van der Waals surface area contributed by atoms with E-state index >= 15 is 0 Å². The second-order valence-corrected chi connectivity index (χ2v) is 4.22. The van der Waals surface area contributed by atoms with E-state index in [1.54, 1.807) is 12.1 Å². The maximum absolute atomic E-state index is 11.8. The molecule has 0 bridgehead atoms. The van der Waals surface area contributed by atoms with Crippen LogP contribution in [-0.4, -0.2) is 20.8 Å². The number of hydrogen-bond donors (Lipinski definition) is 1. The number of aromatic nitrogens is 2. The number of carbonyl (C=O) groups excluding carboxylic acids is 1. The van der Waals surface area contributed by atoms with Crippen LogP contribution in [0.2, 0.25) is 5.15 Å². The summed E-state index contributed by atoms with van der Waals surface area (Å²) < 4.78 is 0. The lowest BCUT2D eigenvalue weighted by Gasteiger charge is -2.04. The predicted octanol–water partition coefficient (Wildman–Crippen LogP) is 1.97. The van der Waals surface area contributed by atoms with Crippen molar-refractivity contribution in [2.75, 3.05) is 0 Å². The molecule has 0 unspecified atom stereocenters. The van der Waals surface area contributed by atoms with Gasteiger partial charge in [-0.05, 0) is 5.56 Å². The lowest BCUT2D eigenvalue weighted by atomic mass is 10.2. The maximum Gasteiger partial charge on any atom is 0.271 e. The molecule has 0 fully saturated rings. The van der Waals surface area contributed by atoms with E-state index in [1.165, 1.54) is 24.5 Å². The van der Waals surface area contributed by atoms with Gasteiger partial charge in [0.25, 0.3) is 11.6 Å². The Morgan fingerprint density at radius 1 is 1.35 bits per heavy atom. The Morgan fingerprint density at radius 3 is 2.80 bits per heavy atom. The summed E-state index contributed by atoms with van der Waals surface area (Å²) in [7, 11) is 0. The van der Waals surface area contributed by atoms with E-state index in [9.17, 15) is 14.9 Å². The number of rotatable bonds is 4. The second-order valence-electron chi connectivity index (χ2n) is 3.83. The molecule has 0 saturated heterocycles. The number of nitro groups is 1. The molecule has 2 rings (SSSR count). The fraction of sp³-hybridized carbons (Fsp3) is 0.0833. The fourth-order valence-corrected chi connectivity index (χ4v) is 1.58. The third-order valence-corrected chi connectivity index (χ3v) is 2.62. The summed E-state index contributed by atoms with van der Waals surface area (Å²) in [6.45, 7) is 0.158. The van der Waals surface area contributed by atoms with Crippen molar-refractivity contribution in [1.82, 2.24) is 15.3 Å². The van der Waals surface area contributed by atoms with Crippen LogP contribution in [0, 0.1) is 10.1 Å². The van der Waals surface area contributed by atoms with Crippen LogP contribution in [0.25, 0.3) is 0 Å². The van der Waals surface area contributed by atoms with Gasteiger partial charge in [-0.25, -0.2) is 9.97 Å². The van der Waals surface area contributed by atoms with Gasteiger partial charge < -0.3 is 5.32 Å². The van der Waals surface area contributed by atoms with Gasteiger partial charge in [0.2, 0.25) is 0 Å². The number of nitrogens with one attached hydrogen (secondary N) is 1. The molecule has 0 radical (unpaired) electrons. The summed E-state index contributed by atoms with van der Waals surface area (Å²) in [4.78, 5) is 29.5. The highest BCUT2D eigenvalue weighted by Crippen LogP contribution is 2.12. The molecular weight excluding hydrogens is 284 g/mol. The molecular formula is C12H9ClN4O3. The van der Waals surface area contributed by atoms with E-state index in [-0.39, 0.29) is 23.1 Å². The SMILES string of the molecule is O=C(NCc1cccc([N+](=O)[O-])c1)c1cnc(Cl)cn1. The van der Waals surface area contributed by atoms with Crippen LogP contribution < -0.4 is 5.32 Å². The third-order valence-electron chi connectivity index (χ3n) is 2.43. The van der Waals surface area contributed by atoms with E-state index in [0.29, 0.717) is 5.56 Å². The topological polar surface area (TPSA) is 98.0 Å². The minimum atomic E-state index is -0.490. The first kappa shape index (κ1) is 13.9. The molecule has 20 heavy (non-hydrogen) atoms. The Kier molecular flexibility index (Phi) is 4.21. The number of hydrogen-bond acceptors (Lipinski definition) is 5. The zero-order valence-electron chi connectivity index (χ0n) is 10.1. The lowest BCUT2D eigenvalue weighted by Crippen LogP contribution is -2.23. The van der Waals surface area contributed by atoms with Gasteiger partial charge in [-0.15, -0.1) is 0 Å². The van der Waals surface area contributed by atoms with Crippen molar-refractivity contribution in [3.05, 3.63) is 63.2 Å². The van der Waals surface area contributed by atoms with E-state index < -0.39 is 10.8 Å². The van der Waals surface area contributed by atoms with Gasteiger partial charge in [0.15, 0.2) is 0 Å². The van der Waals surface area contributed by atoms with Gasteiger partial charge in [0.05, 0.1) is 17.3 Å². The number of nitro benzene ring substituents is 1. The van der Waals surface area contributed by atoms with Gasteiger partial charge in [0.1, 0.15) is 10.8 Å². The van der Waals surface area contributed by atoms with E-state index in [1.807, 2.05) is 0 Å². The first-order valence-electron chi connectivity index (χ1n) is 5.55. The second kappa shape index (κ2) is 6.07. The number of carbonyl (C=O) groups is 1. The number of non-ortho nitro benzene ring substituents is 1. The zero-order valence-corrected chi connectivity index (χ0v) is 10.9. The summed E-state index contributed by atoms with van der Waals surface area (Å²) in [5, 5.41) is 13.4. The number of amides is 1. The van der Waals surface area contributed by atoms with Crippen LogP contribution in [0.1, 0.15) is 16.1 Å². The minimum absolute atomic E-state index is 0.0250. The average molecular weight is 293 g/mol. The molecule has 0 aliphatic heterocycles. The Balaban J connectivity index is 2.01. The standard InChI is InChI=1S/C12H9ClN4O3/c13-11-7-14-10(6-15-11)12(18)16-5-8-2-1-3-9(4-8)17(19)20/h1-4,6-7H,5H2,(H,16,18). The van der Waals surface area contributed by atoms with Crippen LogP contribution in [0.5, 0.6) is 0 Å². The van der Waals surface area contributed by atoms with Crippen LogP contribution >= 0.6 is 11.6 Å². The van der Waals surface area contributed by atoms with Gasteiger partial charge in [-0.1, -0.05) is 23.7 Å². The predicted molar refractivity (Wildman–Crippen MR) is 71.3 cm³/mol. The van der Waals surface area contributed by atoms with Crippen molar-refractivity contribution in [3.63, 3.8) is 0 Å². The molecule has 0 aliphatic rings. The highest BCUT2D eigenvalue weighted by Gasteiger charge is 2.09. The fourth-order valence-electron chi connectivity index (χ4n) is 1.48. The highest BCUT2D eigenvalue weighted by molar-refractivity contribution is 6.29. The molecule has 0 saturated carbocycles. The molecule has 102 valence electrons. The monoisotopic (exact) mass is 292 g/mol. The van der Waals surface area contributed by atoms with Crippen molar-refractivity contribution in [2.24, 2.45) is 0 Å². The molecule has 1 heterocycles. The molecule has 1 aromatic carbocycles. The lowest BCUT2D eigenvalue weighted by molar-refractivity contribution is -0.384. The molecule has 2 aromatic rings. The van der Waals surface area contributed by atoms with Crippen molar-refractivity contribution >= 4 is 23.2 Å². The molecule has 8 heteroatoms. The molecule has 1 amide bonds. The van der Waals surface area contributed by atoms with Gasteiger partial charge in [-0.3, -0.25) is 14.9 Å². The average Bonchev–Trinajstić information content (AvgIpc) is 2.46. The number of halogens is 1. The normalized spacial score (nSPS) is 10.1. The van der Waals surface area contributed by atoms with Crippen LogP contribution in [0.15, 0.2) is 36.7 Å². The van der Waals surface area contributed by atoms with Crippen molar-refractivity contribution in [3.8, 4) is 0 Å². The quantitative estimate of drug-likeness (QED) is 0.686. The van der Waals surface area contributed by atoms with Gasteiger partial charge in [-0.2, -0.15) is 0 Å². The Morgan fingerprint density at radius 2 is 2.15 bits per heavy atom. The Labute approximate surface area is 118 Å². The first-order valence-corrected chi connectivity index (χ1v) is 5.93. The molecule has 0 spiro atoms. The van der Waals surface area contributed by atoms with Crippen LogP contribution in [0.3, 0.4) is 0 Å². The molecule has 0 aliphatic carbocycles. The van der Waals surface area contributed by atoms with E-state index in [4.69, 9.17) is 11.6 Å². The van der Waals surface area contributed by atoms with Crippen LogP contribution in [0.4, 0.5) is 5.69 Å². The minimum Gasteiger partial charge on any atom is -0.347 e. The molecule has 7 nitrogen and oxygen atoms in total. The molecule has 1 N–H and O–H groups in total. The first-order chi connectivity index (χ1) is 9.56. The van der Waals surface area contributed by atoms with Gasteiger partial charge >= 0.3 is 0 Å². The Hall–Kier alpha value is -2.54. The third kappa shape index (κ3) is 3.48. The molecule has 1 aromatic heterocycles. The summed E-state index contributed by atoms with van der Waals surface area (Å²) >= 11 is 5.57. The van der Waals surface area contributed by atoms with Crippen molar-refractivity contribution in [2.45, 2.75) is 6.54 Å². The largest absolute Gasteiger partial charge is 0.347 e. The van der Waals surface area contributed by atoms with Crippen molar-refractivity contribution < 1.29 is 9.72 Å². The smallest absolute Gasteiger partial charge is 0.271 e. The van der Waals surface area contributed by atoms with E-state index in [2.05, 4.69) is 15.3 Å². The van der Waals surface area contributed by atoms with Crippen LogP contribution in [-0.2, 0) is 6.54 Å². The molecule has 0 atom stereocenters. The number of nitrogens with zero attached hydrogens (tertiary/aromatic N) is 3. The Bertz CT molecular complexity index is 645. The summed E-state index contributed by atoms with van der Waals surface area (Å²) in [6, 6.07) is 6.02. The summed E-state index contributed by atoms with van der Waals surface area (Å²) in [6.07, 6.45) is 2.52. The highest BCUT2D eigenvalue weighted by atomic mass is 35.5.